The van der Waals surface area contributed by atoms with Crippen LogP contribution in [0.3, 0.4) is 0 Å². The number of aromatic nitrogens is 1. The first-order chi connectivity index (χ1) is 12.3. The molecule has 0 unspecified atom stereocenters. The predicted octanol–water partition coefficient (Wildman–Crippen LogP) is 2.80. The average Bonchev–Trinajstić information content (AvgIpc) is 2.51. The number of nitrogens with zero attached hydrogens (tertiary/aromatic N) is 1. The summed E-state index contributed by atoms with van der Waals surface area (Å²) < 4.78 is 78.1. The summed E-state index contributed by atoms with van der Waals surface area (Å²) >= 11 is 0. The number of carboxylic acids is 1. The molecule has 2 aromatic rings. The molecule has 10 heteroatoms. The molecule has 3 nitrogen and oxygen atoms in total. The van der Waals surface area contributed by atoms with Crippen molar-refractivity contribution in [2.24, 2.45) is 5.92 Å². The van der Waals surface area contributed by atoms with Crippen molar-refractivity contribution < 1.29 is 89.1 Å². The number of carboxylic acid groups (broad SMARTS) is 1. The standard InChI is InChI=1S/C18H15F6NO2.K.H/c1-9(2)7-11-8-13(10-3-5-12(6-4-10)17(19,20)21)25-15(18(22,23)24)14(11)16(26)27;;/h3-6,8-9H,7H2,1-2H3,(H,26,27);;/q;+1;-1. The van der Waals surface area contributed by atoms with Crippen LogP contribution < -0.4 is 51.4 Å². The van der Waals surface area contributed by atoms with Gasteiger partial charge < -0.3 is 6.53 Å². The van der Waals surface area contributed by atoms with E-state index in [4.69, 9.17) is 0 Å². The van der Waals surface area contributed by atoms with Gasteiger partial charge in [0.15, 0.2) is 5.69 Å². The zero-order valence-electron chi connectivity index (χ0n) is 16.2. The molecule has 0 aliphatic carbocycles. The van der Waals surface area contributed by atoms with Crippen LogP contribution >= 0.6 is 0 Å². The Morgan fingerprint density at radius 1 is 1.07 bits per heavy atom. The summed E-state index contributed by atoms with van der Waals surface area (Å²) in [6.07, 6.45) is -9.57. The second-order valence-corrected chi connectivity index (χ2v) is 6.37. The molecule has 28 heavy (non-hydrogen) atoms. The fourth-order valence-electron chi connectivity index (χ4n) is 2.62. The summed E-state index contributed by atoms with van der Waals surface area (Å²) in [7, 11) is 0. The van der Waals surface area contributed by atoms with Gasteiger partial charge >= 0.3 is 69.7 Å². The molecule has 0 amide bonds. The van der Waals surface area contributed by atoms with E-state index in [9.17, 15) is 36.2 Å². The smallest absolute Gasteiger partial charge is 1.00 e. The molecule has 0 fully saturated rings. The average molecular weight is 431 g/mol. The van der Waals surface area contributed by atoms with E-state index < -0.39 is 35.1 Å². The maximum absolute atomic E-state index is 13.4. The fourth-order valence-corrected chi connectivity index (χ4v) is 2.62. The quantitative estimate of drug-likeness (QED) is 0.599. The Bertz CT molecular complexity index is 851. The van der Waals surface area contributed by atoms with Gasteiger partial charge in [0, 0.05) is 5.56 Å². The molecular weight excluding hydrogens is 415 g/mol. The van der Waals surface area contributed by atoms with Crippen molar-refractivity contribution in [1.29, 1.82) is 0 Å². The van der Waals surface area contributed by atoms with Gasteiger partial charge in [-0.1, -0.05) is 26.0 Å². The summed E-state index contributed by atoms with van der Waals surface area (Å²) in [6.45, 7) is 3.41. The van der Waals surface area contributed by atoms with Gasteiger partial charge in [0.1, 0.15) is 0 Å². The third-order valence-electron chi connectivity index (χ3n) is 3.72. The molecular formula is C18H16F6KNO2. The largest absolute Gasteiger partial charge is 1.00 e. The molecule has 0 radical (unpaired) electrons. The van der Waals surface area contributed by atoms with E-state index in [0.717, 1.165) is 24.3 Å². The molecule has 1 heterocycles. The fraction of sp³-hybridized carbons (Fsp3) is 0.333. The summed E-state index contributed by atoms with van der Waals surface area (Å²) in [5.41, 5.74) is -3.75. The second kappa shape index (κ2) is 9.25. The van der Waals surface area contributed by atoms with Crippen molar-refractivity contribution in [3.05, 3.63) is 52.7 Å². The summed E-state index contributed by atoms with van der Waals surface area (Å²) in [6, 6.07) is 4.66. The van der Waals surface area contributed by atoms with Crippen LogP contribution in [0.5, 0.6) is 0 Å². The molecule has 0 aliphatic rings. The van der Waals surface area contributed by atoms with Gasteiger partial charge in [-0.2, -0.15) is 26.3 Å². The van der Waals surface area contributed by atoms with Gasteiger partial charge in [0.05, 0.1) is 16.8 Å². The number of halogens is 6. The van der Waals surface area contributed by atoms with Crippen LogP contribution in [0.1, 0.15) is 42.5 Å². The first kappa shape index (κ1) is 25.1. The van der Waals surface area contributed by atoms with Crippen LogP contribution in [0.2, 0.25) is 0 Å². The number of hydrogen-bond acceptors (Lipinski definition) is 2. The molecule has 0 atom stereocenters. The summed E-state index contributed by atoms with van der Waals surface area (Å²) in [5, 5.41) is 9.25. The SMILES string of the molecule is CC(C)Cc1cc(-c2ccc(C(F)(F)F)cc2)nc(C(F)(F)F)c1C(=O)O.[H-].[K+]. The van der Waals surface area contributed by atoms with E-state index >= 15 is 0 Å². The van der Waals surface area contributed by atoms with Crippen molar-refractivity contribution in [3.63, 3.8) is 0 Å². The number of rotatable bonds is 4. The Morgan fingerprint density at radius 3 is 2.00 bits per heavy atom. The van der Waals surface area contributed by atoms with Gasteiger partial charge in [-0.15, -0.1) is 0 Å². The Kier molecular flexibility index (Phi) is 8.29. The number of hydrogen-bond donors (Lipinski definition) is 1. The van der Waals surface area contributed by atoms with Crippen molar-refractivity contribution in [2.75, 3.05) is 0 Å². The Morgan fingerprint density at radius 2 is 1.61 bits per heavy atom. The van der Waals surface area contributed by atoms with Crippen molar-refractivity contribution in [3.8, 4) is 11.3 Å². The minimum absolute atomic E-state index is 0. The Balaban J connectivity index is 0.00000392. The van der Waals surface area contributed by atoms with E-state index in [0.29, 0.717) is 0 Å². The number of aromatic carboxylic acids is 1. The number of carbonyl (C=O) groups is 1. The minimum Gasteiger partial charge on any atom is -1.00 e. The maximum atomic E-state index is 13.4. The van der Waals surface area contributed by atoms with Gasteiger partial charge in [0.25, 0.3) is 0 Å². The molecule has 1 N–H and O–H groups in total. The van der Waals surface area contributed by atoms with E-state index in [1.54, 1.807) is 13.8 Å². The van der Waals surface area contributed by atoms with Crippen molar-refractivity contribution in [1.82, 2.24) is 4.98 Å². The zero-order chi connectivity index (χ0) is 20.6. The third kappa shape index (κ3) is 6.03. The molecule has 1 aromatic carbocycles. The topological polar surface area (TPSA) is 50.2 Å². The van der Waals surface area contributed by atoms with Crippen LogP contribution in [0.15, 0.2) is 30.3 Å². The second-order valence-electron chi connectivity index (χ2n) is 6.37. The van der Waals surface area contributed by atoms with Crippen LogP contribution in [-0.4, -0.2) is 16.1 Å². The van der Waals surface area contributed by atoms with Crippen LogP contribution in [-0.2, 0) is 18.8 Å². The number of benzene rings is 1. The van der Waals surface area contributed by atoms with Crippen LogP contribution in [0, 0.1) is 5.92 Å². The van der Waals surface area contributed by atoms with E-state index in [-0.39, 0.29) is 82.0 Å². The molecule has 1 aromatic heterocycles. The van der Waals surface area contributed by atoms with E-state index in [2.05, 4.69) is 4.98 Å². The molecule has 0 bridgehead atoms. The molecule has 0 spiro atoms. The van der Waals surface area contributed by atoms with Gasteiger partial charge in [-0.3, -0.25) is 0 Å². The predicted molar refractivity (Wildman–Crippen MR) is 86.3 cm³/mol. The first-order valence-electron chi connectivity index (χ1n) is 7.82. The van der Waals surface area contributed by atoms with E-state index in [1.165, 1.54) is 6.07 Å². The molecule has 2 rings (SSSR count). The number of alkyl halides is 6. The van der Waals surface area contributed by atoms with Crippen molar-refractivity contribution >= 4 is 5.97 Å². The van der Waals surface area contributed by atoms with Gasteiger partial charge in [-0.05, 0) is 36.1 Å². The van der Waals surface area contributed by atoms with Gasteiger partial charge in [0.2, 0.25) is 0 Å². The zero-order valence-corrected chi connectivity index (χ0v) is 18.4. The maximum Gasteiger partial charge on any atom is 1.00 e. The molecule has 0 aliphatic heterocycles. The monoisotopic (exact) mass is 431 g/mol. The first-order valence-corrected chi connectivity index (χ1v) is 7.82. The van der Waals surface area contributed by atoms with E-state index in [1.807, 2.05) is 0 Å². The van der Waals surface area contributed by atoms with Crippen molar-refractivity contribution in [2.45, 2.75) is 32.6 Å². The molecule has 0 saturated heterocycles. The summed E-state index contributed by atoms with van der Waals surface area (Å²) in [5.74, 6) is -1.91. The van der Waals surface area contributed by atoms with Gasteiger partial charge in [-0.25, -0.2) is 9.78 Å². The van der Waals surface area contributed by atoms with Crippen LogP contribution in [0.25, 0.3) is 11.3 Å². The molecule has 0 saturated carbocycles. The Labute approximate surface area is 201 Å². The summed E-state index contributed by atoms with van der Waals surface area (Å²) in [4.78, 5) is 14.8. The Hall–Kier alpha value is -0.944. The normalized spacial score (nSPS) is 12.0. The molecule has 148 valence electrons. The van der Waals surface area contributed by atoms with Crippen LogP contribution in [0.4, 0.5) is 26.3 Å². The third-order valence-corrected chi connectivity index (χ3v) is 3.72. The number of pyridine rings is 1. The minimum atomic E-state index is -5.03.